The van der Waals surface area contributed by atoms with Crippen LogP contribution in [0.4, 0.5) is 5.69 Å². The maximum Gasteiger partial charge on any atom is 0.276 e. The van der Waals surface area contributed by atoms with Gasteiger partial charge in [0, 0.05) is 18.9 Å². The number of benzene rings is 1. The first-order valence-electron chi connectivity index (χ1n) is 8.38. The minimum atomic E-state index is -0.713. The lowest BCUT2D eigenvalue weighted by Crippen LogP contribution is -2.18. The molecule has 3 N–H and O–H groups in total. The molecule has 0 fully saturated rings. The fourth-order valence-electron chi connectivity index (χ4n) is 2.45. The summed E-state index contributed by atoms with van der Waals surface area (Å²) in [5.41, 5.74) is 6.76. The molecule has 2 aromatic heterocycles. The van der Waals surface area contributed by atoms with Gasteiger partial charge < -0.3 is 15.8 Å². The Labute approximate surface area is 155 Å². The molecule has 27 heavy (non-hydrogen) atoms. The molecule has 0 saturated carbocycles. The molecule has 0 spiro atoms. The van der Waals surface area contributed by atoms with Gasteiger partial charge >= 0.3 is 0 Å². The van der Waals surface area contributed by atoms with Crippen molar-refractivity contribution in [3.05, 3.63) is 59.7 Å². The van der Waals surface area contributed by atoms with Crippen molar-refractivity contribution in [2.24, 2.45) is 5.73 Å². The minimum Gasteiger partial charge on any atom is -0.471 e. The largest absolute Gasteiger partial charge is 0.471 e. The molecule has 0 aliphatic heterocycles. The lowest BCUT2D eigenvalue weighted by Gasteiger charge is -2.08. The molecular weight excluding hydrogens is 348 g/mol. The van der Waals surface area contributed by atoms with E-state index >= 15 is 0 Å². The number of aryl methyl sites for hydroxylation is 2. The van der Waals surface area contributed by atoms with Crippen LogP contribution in [-0.2, 0) is 13.3 Å². The number of carbonyl (C=O) groups excluding carboxylic acids is 2. The van der Waals surface area contributed by atoms with Crippen molar-refractivity contribution >= 4 is 17.5 Å². The number of ether oxygens (including phenoxy) is 1. The molecule has 9 heteroatoms. The number of rotatable bonds is 7. The number of para-hydroxylation sites is 1. The summed E-state index contributed by atoms with van der Waals surface area (Å²) in [6.07, 6.45) is 3.19. The fourth-order valence-corrected chi connectivity index (χ4v) is 2.45. The van der Waals surface area contributed by atoms with Gasteiger partial charge in [-0.2, -0.15) is 10.2 Å². The minimum absolute atomic E-state index is 0.00696. The Bertz CT molecular complexity index is 975. The van der Waals surface area contributed by atoms with Crippen molar-refractivity contribution in [2.75, 3.05) is 5.32 Å². The molecule has 3 aromatic rings. The van der Waals surface area contributed by atoms with Crippen LogP contribution in [0.15, 0.2) is 42.7 Å². The van der Waals surface area contributed by atoms with Gasteiger partial charge in [-0.15, -0.1) is 0 Å². The summed E-state index contributed by atoms with van der Waals surface area (Å²) in [6, 6.07) is 9.19. The molecule has 3 rings (SSSR count). The number of anilines is 1. The van der Waals surface area contributed by atoms with Crippen LogP contribution in [0, 0.1) is 6.92 Å². The Kier molecular flexibility index (Phi) is 5.20. The number of amides is 2. The third-order valence-electron chi connectivity index (χ3n) is 3.89. The zero-order chi connectivity index (χ0) is 19.4. The van der Waals surface area contributed by atoms with Gasteiger partial charge in [0.15, 0.2) is 18.1 Å². The van der Waals surface area contributed by atoms with Gasteiger partial charge in [0.25, 0.3) is 11.8 Å². The van der Waals surface area contributed by atoms with Gasteiger partial charge in [-0.05, 0) is 31.5 Å². The van der Waals surface area contributed by atoms with Crippen LogP contribution in [0.1, 0.15) is 33.5 Å². The highest BCUT2D eigenvalue weighted by atomic mass is 16.5. The van der Waals surface area contributed by atoms with Crippen molar-refractivity contribution in [3.8, 4) is 5.75 Å². The predicted octanol–water partition coefficient (Wildman–Crippen LogP) is 1.80. The standard InChI is InChI=1S/C18H20N6O3/c1-3-23-10-14(16(22-23)17(19)25)20-18(26)13-8-9-24(21-13)11-27-15-7-5-4-6-12(15)2/h4-10H,3,11H2,1-2H3,(H2,19,25)(H,20,26). The average molecular weight is 368 g/mol. The molecule has 2 amide bonds. The van der Waals surface area contributed by atoms with Crippen molar-refractivity contribution in [1.82, 2.24) is 19.6 Å². The summed E-state index contributed by atoms with van der Waals surface area (Å²) in [5.74, 6) is -0.436. The number of nitrogens with zero attached hydrogens (tertiary/aromatic N) is 4. The number of primary amides is 1. The highest BCUT2D eigenvalue weighted by Crippen LogP contribution is 2.17. The van der Waals surface area contributed by atoms with Crippen molar-refractivity contribution in [2.45, 2.75) is 27.1 Å². The molecule has 9 nitrogen and oxygen atoms in total. The number of nitrogens with two attached hydrogens (primary N) is 1. The van der Waals surface area contributed by atoms with E-state index < -0.39 is 11.8 Å². The van der Waals surface area contributed by atoms with E-state index in [1.54, 1.807) is 18.5 Å². The molecule has 1 aromatic carbocycles. The number of carbonyl (C=O) groups is 2. The second-order valence-electron chi connectivity index (χ2n) is 5.84. The van der Waals surface area contributed by atoms with Crippen molar-refractivity contribution in [1.29, 1.82) is 0 Å². The Morgan fingerprint density at radius 1 is 1.19 bits per heavy atom. The van der Waals surface area contributed by atoms with Gasteiger partial charge in [-0.25, -0.2) is 4.68 Å². The monoisotopic (exact) mass is 368 g/mol. The number of hydrogen-bond donors (Lipinski definition) is 2. The lowest BCUT2D eigenvalue weighted by molar-refractivity contribution is 0.0995. The molecule has 0 atom stereocenters. The van der Waals surface area contributed by atoms with E-state index in [9.17, 15) is 9.59 Å². The van der Waals surface area contributed by atoms with Crippen LogP contribution in [0.25, 0.3) is 0 Å². The normalized spacial score (nSPS) is 10.6. The Morgan fingerprint density at radius 2 is 1.96 bits per heavy atom. The molecule has 0 aliphatic rings. The molecule has 0 unspecified atom stereocenters. The molecule has 0 aliphatic carbocycles. The third-order valence-corrected chi connectivity index (χ3v) is 3.89. The van der Waals surface area contributed by atoms with Crippen LogP contribution in [0.3, 0.4) is 0 Å². The van der Waals surface area contributed by atoms with E-state index in [0.29, 0.717) is 6.54 Å². The second-order valence-corrected chi connectivity index (χ2v) is 5.84. The summed E-state index contributed by atoms with van der Waals surface area (Å²) in [7, 11) is 0. The maximum atomic E-state index is 12.4. The highest BCUT2D eigenvalue weighted by molar-refractivity contribution is 6.06. The molecular formula is C18H20N6O3. The zero-order valence-corrected chi connectivity index (χ0v) is 15.0. The van der Waals surface area contributed by atoms with Crippen molar-refractivity contribution in [3.63, 3.8) is 0 Å². The quantitative estimate of drug-likeness (QED) is 0.659. The topological polar surface area (TPSA) is 117 Å². The van der Waals surface area contributed by atoms with Crippen LogP contribution in [-0.4, -0.2) is 31.4 Å². The fraction of sp³-hybridized carbons (Fsp3) is 0.222. The molecule has 140 valence electrons. The third kappa shape index (κ3) is 4.14. The molecule has 0 radical (unpaired) electrons. The lowest BCUT2D eigenvalue weighted by atomic mass is 10.2. The maximum absolute atomic E-state index is 12.4. The SMILES string of the molecule is CCn1cc(NC(=O)c2ccn(COc3ccccc3C)n2)c(C(N)=O)n1. The first-order valence-corrected chi connectivity index (χ1v) is 8.38. The second kappa shape index (κ2) is 7.73. The number of nitrogens with one attached hydrogen (secondary N) is 1. The summed E-state index contributed by atoms with van der Waals surface area (Å²) in [6.45, 7) is 4.52. The average Bonchev–Trinajstić information content (AvgIpc) is 3.28. The number of hydrogen-bond acceptors (Lipinski definition) is 5. The van der Waals surface area contributed by atoms with E-state index in [2.05, 4.69) is 15.5 Å². The first-order chi connectivity index (χ1) is 13.0. The van der Waals surface area contributed by atoms with Gasteiger partial charge in [-0.1, -0.05) is 18.2 Å². The highest BCUT2D eigenvalue weighted by Gasteiger charge is 2.18. The molecule has 2 heterocycles. The van der Waals surface area contributed by atoms with Gasteiger partial charge in [0.05, 0.1) is 5.69 Å². The van der Waals surface area contributed by atoms with Gasteiger partial charge in [-0.3, -0.25) is 14.3 Å². The summed E-state index contributed by atoms with van der Waals surface area (Å²) >= 11 is 0. The first kappa shape index (κ1) is 18.2. The van der Waals surface area contributed by atoms with E-state index in [1.807, 2.05) is 38.1 Å². The zero-order valence-electron chi connectivity index (χ0n) is 15.0. The summed E-state index contributed by atoms with van der Waals surface area (Å²) in [5, 5.41) is 10.8. The predicted molar refractivity (Wildman–Crippen MR) is 98.4 cm³/mol. The Balaban J connectivity index is 1.68. The number of aromatic nitrogens is 4. The van der Waals surface area contributed by atoms with E-state index in [0.717, 1.165) is 11.3 Å². The van der Waals surface area contributed by atoms with Gasteiger partial charge in [0.2, 0.25) is 0 Å². The van der Waals surface area contributed by atoms with Gasteiger partial charge in [0.1, 0.15) is 5.75 Å². The van der Waals surface area contributed by atoms with Crippen LogP contribution >= 0.6 is 0 Å². The molecule has 0 bridgehead atoms. The van der Waals surface area contributed by atoms with Crippen LogP contribution in [0.5, 0.6) is 5.75 Å². The smallest absolute Gasteiger partial charge is 0.276 e. The van der Waals surface area contributed by atoms with E-state index in [-0.39, 0.29) is 23.8 Å². The molecule has 0 saturated heterocycles. The van der Waals surface area contributed by atoms with Crippen LogP contribution in [0.2, 0.25) is 0 Å². The Morgan fingerprint density at radius 3 is 2.67 bits per heavy atom. The summed E-state index contributed by atoms with van der Waals surface area (Å²) in [4.78, 5) is 23.9. The van der Waals surface area contributed by atoms with E-state index in [1.165, 1.54) is 9.36 Å². The van der Waals surface area contributed by atoms with Crippen molar-refractivity contribution < 1.29 is 14.3 Å². The summed E-state index contributed by atoms with van der Waals surface area (Å²) < 4.78 is 8.72. The van der Waals surface area contributed by atoms with Crippen LogP contribution < -0.4 is 15.8 Å². The Hall–Kier alpha value is -3.62. The van der Waals surface area contributed by atoms with E-state index in [4.69, 9.17) is 10.5 Å².